The van der Waals surface area contributed by atoms with Crippen LogP contribution in [0.4, 0.5) is 0 Å². The average Bonchev–Trinajstić information content (AvgIpc) is 2.86. The van der Waals surface area contributed by atoms with Crippen LogP contribution in [-0.4, -0.2) is 45.8 Å². The number of carbonyl (C=O) groups excluding carboxylic acids is 1. The molecule has 0 fully saturated rings. The van der Waals surface area contributed by atoms with E-state index in [1.54, 1.807) is 40.6 Å². The summed E-state index contributed by atoms with van der Waals surface area (Å²) in [6, 6.07) is 16.4. The van der Waals surface area contributed by atoms with Gasteiger partial charge in [0, 0.05) is 6.54 Å². The fourth-order valence-corrected chi connectivity index (χ4v) is 4.55. The molecule has 0 radical (unpaired) electrons. The van der Waals surface area contributed by atoms with Crippen LogP contribution < -0.4 is 18.9 Å². The van der Waals surface area contributed by atoms with Gasteiger partial charge in [0.2, 0.25) is 0 Å². The van der Waals surface area contributed by atoms with Crippen LogP contribution >= 0.6 is 11.6 Å². The number of hydrogen-bond acceptors (Lipinski definition) is 5. The van der Waals surface area contributed by atoms with E-state index in [1.807, 2.05) is 47.4 Å². The summed E-state index contributed by atoms with van der Waals surface area (Å²) in [5, 5.41) is 0.423. The summed E-state index contributed by atoms with van der Waals surface area (Å²) < 4.78 is 22.0. The van der Waals surface area contributed by atoms with E-state index in [9.17, 15) is 4.79 Å². The normalized spacial score (nSPS) is 14.9. The monoisotopic (exact) mass is 467 g/mol. The maximum Gasteiger partial charge on any atom is 0.256 e. The fraction of sp³-hybridized carbons (Fsp3) is 0.269. The molecular formula is C26H26ClNO5. The number of benzene rings is 3. The molecule has 0 N–H and O–H groups in total. The summed E-state index contributed by atoms with van der Waals surface area (Å²) in [4.78, 5) is 15.5. The highest BCUT2D eigenvalue weighted by atomic mass is 35.5. The zero-order valence-electron chi connectivity index (χ0n) is 19.1. The van der Waals surface area contributed by atoms with Crippen molar-refractivity contribution >= 4 is 17.5 Å². The molecule has 1 amide bonds. The van der Waals surface area contributed by atoms with E-state index >= 15 is 0 Å². The number of methoxy groups -OCH3 is 4. The van der Waals surface area contributed by atoms with Crippen LogP contribution in [0.25, 0.3) is 0 Å². The lowest BCUT2D eigenvalue weighted by molar-refractivity contribution is 0.0694. The molecule has 4 rings (SSSR count). The molecule has 3 aromatic carbocycles. The van der Waals surface area contributed by atoms with E-state index in [1.165, 1.54) is 0 Å². The summed E-state index contributed by atoms with van der Waals surface area (Å²) in [7, 11) is 6.41. The van der Waals surface area contributed by atoms with Gasteiger partial charge < -0.3 is 23.8 Å². The summed E-state index contributed by atoms with van der Waals surface area (Å²) in [5.74, 6) is 2.34. The molecule has 1 aliphatic heterocycles. The smallest absolute Gasteiger partial charge is 0.256 e. The van der Waals surface area contributed by atoms with E-state index in [-0.39, 0.29) is 11.9 Å². The predicted octanol–water partition coefficient (Wildman–Crippen LogP) is 5.16. The lowest BCUT2D eigenvalue weighted by Crippen LogP contribution is -2.40. The Labute approximate surface area is 198 Å². The van der Waals surface area contributed by atoms with E-state index in [4.69, 9.17) is 30.5 Å². The molecule has 0 aliphatic carbocycles. The molecule has 7 heteroatoms. The molecule has 0 saturated carbocycles. The van der Waals surface area contributed by atoms with Gasteiger partial charge in [-0.2, -0.15) is 0 Å². The van der Waals surface area contributed by atoms with Crippen molar-refractivity contribution in [2.75, 3.05) is 35.0 Å². The lowest BCUT2D eigenvalue weighted by Gasteiger charge is -2.38. The van der Waals surface area contributed by atoms with Crippen LogP contribution in [0.15, 0.2) is 54.6 Å². The van der Waals surface area contributed by atoms with Gasteiger partial charge in [-0.15, -0.1) is 0 Å². The van der Waals surface area contributed by atoms with Crippen LogP contribution in [-0.2, 0) is 6.42 Å². The molecule has 0 aromatic heterocycles. The first-order valence-corrected chi connectivity index (χ1v) is 10.9. The van der Waals surface area contributed by atoms with E-state index in [0.29, 0.717) is 46.5 Å². The molecule has 1 aliphatic rings. The standard InChI is InChI=1S/C26H26ClNO5/c1-30-21-10-9-17(14-22(21)31-2)25-19-15-24(33-4)23(32-3)13-16(19)11-12-28(25)26(29)18-7-5-6-8-20(18)27/h5-10,13-15,25H,11-12H2,1-4H3/t25-/m0/s1. The Bertz CT molecular complexity index is 1180. The van der Waals surface area contributed by atoms with Crippen LogP contribution in [0, 0.1) is 0 Å². The lowest BCUT2D eigenvalue weighted by atomic mass is 9.87. The average molecular weight is 468 g/mol. The van der Waals surface area contributed by atoms with Crippen molar-refractivity contribution < 1.29 is 23.7 Å². The molecule has 3 aromatic rings. The minimum Gasteiger partial charge on any atom is -0.493 e. The predicted molar refractivity (Wildman–Crippen MR) is 127 cm³/mol. The zero-order valence-corrected chi connectivity index (χ0v) is 19.8. The summed E-state index contributed by atoms with van der Waals surface area (Å²) in [5.41, 5.74) is 3.41. The largest absolute Gasteiger partial charge is 0.493 e. The summed E-state index contributed by atoms with van der Waals surface area (Å²) in [6.45, 7) is 0.519. The maximum atomic E-state index is 13.7. The van der Waals surface area contributed by atoms with Gasteiger partial charge in [0.15, 0.2) is 23.0 Å². The van der Waals surface area contributed by atoms with Gasteiger partial charge in [-0.05, 0) is 59.5 Å². The third-order valence-corrected chi connectivity index (χ3v) is 6.29. The maximum absolute atomic E-state index is 13.7. The van der Waals surface area contributed by atoms with Gasteiger partial charge in [-0.25, -0.2) is 0 Å². The SMILES string of the molecule is COc1ccc([C@H]2c3cc(OC)c(OC)cc3CCN2C(=O)c2ccccc2Cl)cc1OC. The van der Waals surface area contributed by atoms with Gasteiger partial charge in [0.25, 0.3) is 5.91 Å². The van der Waals surface area contributed by atoms with Crippen LogP contribution in [0.5, 0.6) is 23.0 Å². The van der Waals surface area contributed by atoms with E-state index in [2.05, 4.69) is 0 Å². The molecule has 0 saturated heterocycles. The van der Waals surface area contributed by atoms with Crippen molar-refractivity contribution in [3.8, 4) is 23.0 Å². The number of rotatable bonds is 6. The van der Waals surface area contributed by atoms with Gasteiger partial charge in [-0.3, -0.25) is 4.79 Å². The zero-order chi connectivity index (χ0) is 23.5. The quantitative estimate of drug-likeness (QED) is 0.501. The minimum absolute atomic E-state index is 0.138. The first-order chi connectivity index (χ1) is 16.0. The summed E-state index contributed by atoms with van der Waals surface area (Å²) in [6.07, 6.45) is 0.676. The minimum atomic E-state index is -0.378. The molecule has 0 unspecified atom stereocenters. The van der Waals surface area contributed by atoms with Crippen LogP contribution in [0.3, 0.4) is 0 Å². The second-order valence-corrected chi connectivity index (χ2v) is 8.06. The fourth-order valence-electron chi connectivity index (χ4n) is 4.34. The molecule has 0 bridgehead atoms. The molecule has 33 heavy (non-hydrogen) atoms. The molecule has 1 heterocycles. The van der Waals surface area contributed by atoms with E-state index < -0.39 is 0 Å². The summed E-state index contributed by atoms with van der Waals surface area (Å²) >= 11 is 6.39. The Hall–Kier alpha value is -3.38. The third kappa shape index (κ3) is 4.18. The third-order valence-electron chi connectivity index (χ3n) is 5.96. The number of halogens is 1. The van der Waals surface area contributed by atoms with Crippen molar-refractivity contribution in [1.29, 1.82) is 0 Å². The molecule has 172 valence electrons. The Kier molecular flexibility index (Phi) is 6.65. The molecule has 1 atom stereocenters. The molecule has 6 nitrogen and oxygen atoms in total. The highest BCUT2D eigenvalue weighted by molar-refractivity contribution is 6.33. The Morgan fingerprint density at radius 2 is 1.48 bits per heavy atom. The Balaban J connectivity index is 1.90. The first kappa shape index (κ1) is 22.8. The number of carbonyl (C=O) groups is 1. The number of nitrogens with zero attached hydrogens (tertiary/aromatic N) is 1. The van der Waals surface area contributed by atoms with Gasteiger partial charge >= 0.3 is 0 Å². The number of ether oxygens (including phenoxy) is 4. The van der Waals surface area contributed by atoms with Crippen LogP contribution in [0.2, 0.25) is 5.02 Å². The van der Waals surface area contributed by atoms with Crippen molar-refractivity contribution in [2.45, 2.75) is 12.5 Å². The second-order valence-electron chi connectivity index (χ2n) is 7.65. The van der Waals surface area contributed by atoms with Crippen molar-refractivity contribution in [2.24, 2.45) is 0 Å². The number of fused-ring (bicyclic) bond motifs is 1. The van der Waals surface area contributed by atoms with Crippen molar-refractivity contribution in [3.63, 3.8) is 0 Å². The van der Waals surface area contributed by atoms with Crippen molar-refractivity contribution in [3.05, 3.63) is 81.9 Å². The first-order valence-electron chi connectivity index (χ1n) is 10.5. The second kappa shape index (κ2) is 9.63. The number of hydrogen-bond donors (Lipinski definition) is 0. The molecule has 0 spiro atoms. The van der Waals surface area contributed by atoms with Crippen LogP contribution in [0.1, 0.15) is 33.1 Å². The Morgan fingerprint density at radius 1 is 0.848 bits per heavy atom. The van der Waals surface area contributed by atoms with Gasteiger partial charge in [0.05, 0.1) is 45.1 Å². The van der Waals surface area contributed by atoms with Gasteiger partial charge in [0.1, 0.15) is 0 Å². The van der Waals surface area contributed by atoms with Gasteiger partial charge in [-0.1, -0.05) is 29.8 Å². The topological polar surface area (TPSA) is 57.2 Å². The molecular weight excluding hydrogens is 442 g/mol. The van der Waals surface area contributed by atoms with E-state index in [0.717, 1.165) is 16.7 Å². The highest BCUT2D eigenvalue weighted by Crippen LogP contribution is 2.43. The van der Waals surface area contributed by atoms with Crippen molar-refractivity contribution in [1.82, 2.24) is 4.90 Å². The number of amides is 1. The Morgan fingerprint density at radius 3 is 2.15 bits per heavy atom. The highest BCUT2D eigenvalue weighted by Gasteiger charge is 2.35.